The summed E-state index contributed by atoms with van der Waals surface area (Å²) in [5.74, 6) is 0. The van der Waals surface area contributed by atoms with Crippen LogP contribution in [0.4, 0.5) is 17.1 Å². The highest BCUT2D eigenvalue weighted by molar-refractivity contribution is 6.14. The van der Waals surface area contributed by atoms with Crippen LogP contribution in [0.2, 0.25) is 0 Å². The fourth-order valence-electron chi connectivity index (χ4n) is 7.70. The highest BCUT2D eigenvalue weighted by atomic mass is 16.3. The van der Waals surface area contributed by atoms with Crippen molar-refractivity contribution in [2.24, 2.45) is 0 Å². The van der Waals surface area contributed by atoms with Crippen LogP contribution in [-0.4, -0.2) is 4.57 Å². The van der Waals surface area contributed by atoms with Crippen LogP contribution in [0.5, 0.6) is 0 Å². The second kappa shape index (κ2) is 11.9. The molecule has 3 nitrogen and oxygen atoms in total. The Kier molecular flexibility index (Phi) is 6.81. The molecule has 0 aliphatic heterocycles. The number of nitrogens with zero attached hydrogens (tertiary/aromatic N) is 2. The van der Waals surface area contributed by atoms with Crippen molar-refractivity contribution in [2.75, 3.05) is 4.90 Å². The lowest BCUT2D eigenvalue weighted by Gasteiger charge is -2.26. The van der Waals surface area contributed by atoms with Gasteiger partial charge in [-0.2, -0.15) is 0 Å². The normalized spacial score (nSPS) is 11.5. The molecule has 0 aliphatic carbocycles. The Morgan fingerprint density at radius 2 is 0.980 bits per heavy atom. The molecule has 0 amide bonds. The number of benzene rings is 8. The van der Waals surface area contributed by atoms with Crippen molar-refractivity contribution in [1.82, 2.24) is 4.57 Å². The molecular weight excluding hydrogens is 621 g/mol. The van der Waals surface area contributed by atoms with Gasteiger partial charge in [0.05, 0.1) is 22.1 Å². The van der Waals surface area contributed by atoms with Crippen molar-refractivity contribution in [3.8, 4) is 27.9 Å². The van der Waals surface area contributed by atoms with Crippen LogP contribution in [0, 0.1) is 0 Å². The van der Waals surface area contributed by atoms with Gasteiger partial charge in [-0.15, -0.1) is 0 Å². The van der Waals surface area contributed by atoms with Gasteiger partial charge in [0.2, 0.25) is 0 Å². The summed E-state index contributed by atoms with van der Waals surface area (Å²) < 4.78 is 8.71. The molecule has 0 N–H and O–H groups in total. The molecule has 0 atom stereocenters. The van der Waals surface area contributed by atoms with E-state index in [-0.39, 0.29) is 0 Å². The van der Waals surface area contributed by atoms with Gasteiger partial charge in [-0.25, -0.2) is 0 Å². The number of rotatable bonds is 6. The fourth-order valence-corrected chi connectivity index (χ4v) is 7.70. The van der Waals surface area contributed by atoms with Crippen molar-refractivity contribution in [3.05, 3.63) is 194 Å². The maximum atomic E-state index is 6.31. The highest BCUT2D eigenvalue weighted by Crippen LogP contribution is 2.45. The van der Waals surface area contributed by atoms with Crippen molar-refractivity contribution in [3.63, 3.8) is 0 Å². The van der Waals surface area contributed by atoms with Crippen LogP contribution < -0.4 is 4.90 Å². The van der Waals surface area contributed by atoms with E-state index in [0.717, 1.165) is 50.3 Å². The zero-order valence-corrected chi connectivity index (χ0v) is 27.8. The van der Waals surface area contributed by atoms with Crippen LogP contribution in [0.3, 0.4) is 0 Å². The minimum absolute atomic E-state index is 0.877. The van der Waals surface area contributed by atoms with Gasteiger partial charge >= 0.3 is 0 Å². The Morgan fingerprint density at radius 1 is 0.392 bits per heavy atom. The van der Waals surface area contributed by atoms with E-state index < -0.39 is 0 Å². The SMILES string of the molecule is c1ccc(-c2cc3c(cc2-c2ccc(N(c4ccccc4)c4cccc5oc6ccccc6c45)cc2)c2ccccc2n3-c2ccccc2)cc1. The minimum Gasteiger partial charge on any atom is -0.456 e. The summed E-state index contributed by atoms with van der Waals surface area (Å²) in [7, 11) is 0. The van der Waals surface area contributed by atoms with Crippen molar-refractivity contribution in [1.29, 1.82) is 0 Å². The number of para-hydroxylation sites is 4. The van der Waals surface area contributed by atoms with Gasteiger partial charge in [-0.3, -0.25) is 0 Å². The number of anilines is 3. The number of aromatic nitrogens is 1. The van der Waals surface area contributed by atoms with E-state index in [0.29, 0.717) is 0 Å². The lowest BCUT2D eigenvalue weighted by atomic mass is 9.92. The number of hydrogen-bond donors (Lipinski definition) is 0. The van der Waals surface area contributed by atoms with Gasteiger partial charge in [0, 0.05) is 33.2 Å². The summed E-state index contributed by atoms with van der Waals surface area (Å²) >= 11 is 0. The molecule has 0 bridgehead atoms. The van der Waals surface area contributed by atoms with Crippen LogP contribution in [-0.2, 0) is 0 Å². The van der Waals surface area contributed by atoms with Crippen molar-refractivity contribution >= 4 is 60.8 Å². The Labute approximate surface area is 295 Å². The number of furan rings is 1. The number of hydrogen-bond acceptors (Lipinski definition) is 2. The topological polar surface area (TPSA) is 21.3 Å². The average Bonchev–Trinajstić information content (AvgIpc) is 3.75. The summed E-state index contributed by atoms with van der Waals surface area (Å²) in [6, 6.07) is 69.1. The van der Waals surface area contributed by atoms with E-state index in [9.17, 15) is 0 Å². The predicted molar refractivity (Wildman–Crippen MR) is 214 cm³/mol. The zero-order chi connectivity index (χ0) is 33.7. The maximum absolute atomic E-state index is 6.31. The minimum atomic E-state index is 0.877. The van der Waals surface area contributed by atoms with E-state index in [1.54, 1.807) is 0 Å². The third kappa shape index (κ3) is 4.82. The second-order valence-corrected chi connectivity index (χ2v) is 12.9. The Morgan fingerprint density at radius 3 is 1.76 bits per heavy atom. The summed E-state index contributed by atoms with van der Waals surface area (Å²) in [5.41, 5.74) is 13.3. The third-order valence-electron chi connectivity index (χ3n) is 9.98. The summed E-state index contributed by atoms with van der Waals surface area (Å²) in [6.45, 7) is 0. The van der Waals surface area contributed by atoms with E-state index in [1.165, 1.54) is 38.5 Å². The molecule has 8 aromatic carbocycles. The van der Waals surface area contributed by atoms with Crippen LogP contribution in [0.15, 0.2) is 199 Å². The molecule has 10 rings (SSSR count). The standard InChI is InChI=1S/C48H32N2O/c1-4-15-33(16-5-1)41-32-45-42(38-21-10-12-23-43(38)50(45)36-19-8-3-9-20-36)31-40(41)34-27-29-37(30-28-34)49(35-17-6-2-7-18-35)44-24-14-26-47-48(44)39-22-11-13-25-46(39)51-47/h1-32H. The highest BCUT2D eigenvalue weighted by Gasteiger charge is 2.21. The molecule has 0 aliphatic rings. The molecule has 0 unspecified atom stereocenters. The second-order valence-electron chi connectivity index (χ2n) is 12.9. The fraction of sp³-hybridized carbons (Fsp3) is 0. The van der Waals surface area contributed by atoms with E-state index >= 15 is 0 Å². The van der Waals surface area contributed by atoms with Gasteiger partial charge in [-0.05, 0) is 95.1 Å². The van der Waals surface area contributed by atoms with Gasteiger partial charge < -0.3 is 13.9 Å². The smallest absolute Gasteiger partial charge is 0.137 e. The molecule has 10 aromatic rings. The van der Waals surface area contributed by atoms with Gasteiger partial charge in [-0.1, -0.05) is 121 Å². The van der Waals surface area contributed by atoms with E-state index in [2.05, 4.69) is 191 Å². The molecule has 0 saturated carbocycles. The molecule has 2 heterocycles. The van der Waals surface area contributed by atoms with Crippen LogP contribution >= 0.6 is 0 Å². The molecule has 3 heteroatoms. The van der Waals surface area contributed by atoms with Crippen molar-refractivity contribution < 1.29 is 4.42 Å². The first-order chi connectivity index (χ1) is 25.3. The monoisotopic (exact) mass is 652 g/mol. The van der Waals surface area contributed by atoms with Gasteiger partial charge in [0.25, 0.3) is 0 Å². The molecular formula is C48H32N2O. The molecule has 0 spiro atoms. The molecule has 0 fully saturated rings. The Hall–Kier alpha value is -6.84. The first-order valence-electron chi connectivity index (χ1n) is 17.4. The van der Waals surface area contributed by atoms with Crippen molar-refractivity contribution in [2.45, 2.75) is 0 Å². The maximum Gasteiger partial charge on any atom is 0.137 e. The molecule has 2 aromatic heterocycles. The molecule has 0 radical (unpaired) electrons. The molecule has 0 saturated heterocycles. The summed E-state index contributed by atoms with van der Waals surface area (Å²) in [5, 5.41) is 4.69. The van der Waals surface area contributed by atoms with Crippen LogP contribution in [0.25, 0.3) is 71.7 Å². The van der Waals surface area contributed by atoms with Crippen LogP contribution in [0.1, 0.15) is 0 Å². The quantitative estimate of drug-likeness (QED) is 0.178. The molecule has 51 heavy (non-hydrogen) atoms. The van der Waals surface area contributed by atoms with E-state index in [4.69, 9.17) is 4.42 Å². The first kappa shape index (κ1) is 29.1. The van der Waals surface area contributed by atoms with Gasteiger partial charge in [0.1, 0.15) is 11.2 Å². The molecule has 240 valence electrons. The predicted octanol–water partition coefficient (Wildman–Crippen LogP) is 13.5. The summed E-state index contributed by atoms with van der Waals surface area (Å²) in [6.07, 6.45) is 0. The summed E-state index contributed by atoms with van der Waals surface area (Å²) in [4.78, 5) is 2.34. The zero-order valence-electron chi connectivity index (χ0n) is 27.8. The largest absolute Gasteiger partial charge is 0.456 e. The number of fused-ring (bicyclic) bond motifs is 6. The average molecular weight is 653 g/mol. The lowest BCUT2D eigenvalue weighted by molar-refractivity contribution is 0.669. The van der Waals surface area contributed by atoms with E-state index in [1.807, 2.05) is 12.1 Å². The Balaban J connectivity index is 1.18. The lowest BCUT2D eigenvalue weighted by Crippen LogP contribution is -2.10. The Bertz CT molecular complexity index is 2830. The third-order valence-corrected chi connectivity index (χ3v) is 9.98. The van der Waals surface area contributed by atoms with Gasteiger partial charge in [0.15, 0.2) is 0 Å². The first-order valence-corrected chi connectivity index (χ1v) is 17.4.